The molecule has 1 rings (SSSR count). The summed E-state index contributed by atoms with van der Waals surface area (Å²) in [6.07, 6.45) is 2.08. The molecular formula is C12H22N2O. The van der Waals surface area contributed by atoms with Gasteiger partial charge in [-0.25, -0.2) is 0 Å². The molecule has 3 nitrogen and oxygen atoms in total. The van der Waals surface area contributed by atoms with Crippen LogP contribution in [0.4, 0.5) is 0 Å². The highest BCUT2D eigenvalue weighted by Gasteiger charge is 2.11. The monoisotopic (exact) mass is 210 g/mol. The van der Waals surface area contributed by atoms with Gasteiger partial charge in [-0.15, -0.1) is 0 Å². The van der Waals surface area contributed by atoms with Crippen LogP contribution in [-0.4, -0.2) is 11.2 Å². The predicted molar refractivity (Wildman–Crippen MR) is 61.6 cm³/mol. The summed E-state index contributed by atoms with van der Waals surface area (Å²) in [4.78, 5) is 0. The molecule has 1 heterocycles. The van der Waals surface area contributed by atoms with E-state index in [-0.39, 0.29) is 0 Å². The van der Waals surface area contributed by atoms with E-state index in [4.69, 9.17) is 4.52 Å². The smallest absolute Gasteiger partial charge is 0.150 e. The van der Waals surface area contributed by atoms with Crippen LogP contribution >= 0.6 is 0 Å². The van der Waals surface area contributed by atoms with Gasteiger partial charge in [0.1, 0.15) is 0 Å². The Labute approximate surface area is 92.2 Å². The van der Waals surface area contributed by atoms with Crippen molar-refractivity contribution < 1.29 is 4.52 Å². The SMILES string of the molecule is CCc1cc(CNC(CC)C(C)C)on1. The molecule has 1 aromatic rings. The molecule has 0 spiro atoms. The molecule has 0 aliphatic heterocycles. The summed E-state index contributed by atoms with van der Waals surface area (Å²) in [5, 5.41) is 7.46. The Morgan fingerprint density at radius 1 is 1.40 bits per heavy atom. The fraction of sp³-hybridized carbons (Fsp3) is 0.750. The molecular weight excluding hydrogens is 188 g/mol. The lowest BCUT2D eigenvalue weighted by molar-refractivity contribution is 0.333. The normalized spacial score (nSPS) is 13.4. The molecule has 0 aliphatic rings. The third-order valence-electron chi connectivity index (χ3n) is 2.75. The molecule has 0 saturated carbocycles. The second-order valence-electron chi connectivity index (χ2n) is 4.28. The average molecular weight is 210 g/mol. The van der Waals surface area contributed by atoms with Crippen molar-refractivity contribution in [1.82, 2.24) is 10.5 Å². The van der Waals surface area contributed by atoms with Gasteiger partial charge in [-0.1, -0.05) is 32.9 Å². The first kappa shape index (κ1) is 12.2. The summed E-state index contributed by atoms with van der Waals surface area (Å²) < 4.78 is 5.22. The second-order valence-corrected chi connectivity index (χ2v) is 4.28. The Bertz CT molecular complexity index is 281. The molecule has 0 saturated heterocycles. The van der Waals surface area contributed by atoms with Crippen molar-refractivity contribution in [2.75, 3.05) is 0 Å². The number of aryl methyl sites for hydroxylation is 1. The van der Waals surface area contributed by atoms with Crippen molar-refractivity contribution in [1.29, 1.82) is 0 Å². The largest absolute Gasteiger partial charge is 0.360 e. The zero-order valence-corrected chi connectivity index (χ0v) is 10.2. The van der Waals surface area contributed by atoms with E-state index in [0.29, 0.717) is 12.0 Å². The van der Waals surface area contributed by atoms with Gasteiger partial charge < -0.3 is 9.84 Å². The first-order valence-electron chi connectivity index (χ1n) is 5.85. The summed E-state index contributed by atoms with van der Waals surface area (Å²) in [5.41, 5.74) is 1.03. The van der Waals surface area contributed by atoms with Gasteiger partial charge in [-0.3, -0.25) is 0 Å². The van der Waals surface area contributed by atoms with Crippen LogP contribution in [0.1, 0.15) is 45.6 Å². The molecule has 15 heavy (non-hydrogen) atoms. The van der Waals surface area contributed by atoms with E-state index < -0.39 is 0 Å². The summed E-state index contributed by atoms with van der Waals surface area (Å²) in [5.74, 6) is 1.59. The van der Waals surface area contributed by atoms with Crippen molar-refractivity contribution in [2.45, 2.75) is 53.1 Å². The lowest BCUT2D eigenvalue weighted by atomic mass is 10.0. The minimum Gasteiger partial charge on any atom is -0.360 e. The number of nitrogens with one attached hydrogen (secondary N) is 1. The Morgan fingerprint density at radius 2 is 2.13 bits per heavy atom. The summed E-state index contributed by atoms with van der Waals surface area (Å²) >= 11 is 0. The average Bonchev–Trinajstić information content (AvgIpc) is 2.66. The minimum absolute atomic E-state index is 0.556. The molecule has 3 heteroatoms. The van der Waals surface area contributed by atoms with Crippen molar-refractivity contribution >= 4 is 0 Å². The van der Waals surface area contributed by atoms with Crippen molar-refractivity contribution in [3.05, 3.63) is 17.5 Å². The summed E-state index contributed by atoms with van der Waals surface area (Å²) in [6, 6.07) is 2.58. The number of nitrogens with zero attached hydrogens (tertiary/aromatic N) is 1. The van der Waals surface area contributed by atoms with Crippen LogP contribution in [-0.2, 0) is 13.0 Å². The zero-order chi connectivity index (χ0) is 11.3. The van der Waals surface area contributed by atoms with Gasteiger partial charge in [-0.05, 0) is 18.8 Å². The van der Waals surface area contributed by atoms with Crippen LogP contribution in [0.3, 0.4) is 0 Å². The second kappa shape index (κ2) is 5.91. The van der Waals surface area contributed by atoms with E-state index >= 15 is 0 Å². The fourth-order valence-electron chi connectivity index (χ4n) is 1.69. The molecule has 0 amide bonds. The molecule has 1 unspecified atom stereocenters. The molecule has 1 atom stereocenters. The maximum Gasteiger partial charge on any atom is 0.150 e. The Balaban J connectivity index is 2.41. The van der Waals surface area contributed by atoms with Crippen molar-refractivity contribution in [2.24, 2.45) is 5.92 Å². The first-order chi connectivity index (χ1) is 7.17. The number of hydrogen-bond donors (Lipinski definition) is 1. The Morgan fingerprint density at radius 3 is 2.60 bits per heavy atom. The molecule has 86 valence electrons. The predicted octanol–water partition coefficient (Wildman–Crippen LogP) is 2.76. The Kier molecular flexibility index (Phi) is 4.82. The maximum absolute atomic E-state index is 5.22. The number of aromatic nitrogens is 1. The fourth-order valence-corrected chi connectivity index (χ4v) is 1.69. The van der Waals surface area contributed by atoms with Crippen molar-refractivity contribution in [3.8, 4) is 0 Å². The molecule has 1 N–H and O–H groups in total. The van der Waals surface area contributed by atoms with Gasteiger partial charge in [0.05, 0.1) is 12.2 Å². The van der Waals surface area contributed by atoms with Crippen LogP contribution in [0, 0.1) is 5.92 Å². The third-order valence-corrected chi connectivity index (χ3v) is 2.75. The van der Waals surface area contributed by atoms with E-state index in [1.54, 1.807) is 0 Å². The lowest BCUT2D eigenvalue weighted by Crippen LogP contribution is -2.32. The quantitative estimate of drug-likeness (QED) is 0.784. The molecule has 0 aromatic carbocycles. The minimum atomic E-state index is 0.556. The maximum atomic E-state index is 5.22. The van der Waals surface area contributed by atoms with Gasteiger partial charge in [0.15, 0.2) is 5.76 Å². The molecule has 1 aromatic heterocycles. The first-order valence-corrected chi connectivity index (χ1v) is 5.85. The molecule has 0 aliphatic carbocycles. The van der Waals surface area contributed by atoms with Gasteiger partial charge in [0, 0.05) is 12.1 Å². The number of hydrogen-bond acceptors (Lipinski definition) is 3. The number of rotatable bonds is 6. The van der Waals surface area contributed by atoms with Gasteiger partial charge in [0.25, 0.3) is 0 Å². The highest BCUT2D eigenvalue weighted by atomic mass is 16.5. The molecule has 0 bridgehead atoms. The van der Waals surface area contributed by atoms with Crippen LogP contribution in [0.5, 0.6) is 0 Å². The molecule has 0 fully saturated rings. The van der Waals surface area contributed by atoms with Gasteiger partial charge in [-0.2, -0.15) is 0 Å². The summed E-state index contributed by atoms with van der Waals surface area (Å²) in [7, 11) is 0. The van der Waals surface area contributed by atoms with E-state index in [1.165, 1.54) is 0 Å². The van der Waals surface area contributed by atoms with E-state index in [1.807, 2.05) is 6.07 Å². The van der Waals surface area contributed by atoms with Crippen molar-refractivity contribution in [3.63, 3.8) is 0 Å². The highest BCUT2D eigenvalue weighted by molar-refractivity contribution is 5.04. The molecule has 0 radical (unpaired) electrons. The van der Waals surface area contributed by atoms with Crippen LogP contribution < -0.4 is 5.32 Å². The third kappa shape index (κ3) is 3.67. The van der Waals surface area contributed by atoms with Gasteiger partial charge >= 0.3 is 0 Å². The van der Waals surface area contributed by atoms with E-state index in [9.17, 15) is 0 Å². The standard InChI is InChI=1S/C12H22N2O/c1-5-10-7-11(15-14-10)8-13-12(6-2)9(3)4/h7,9,12-13H,5-6,8H2,1-4H3. The summed E-state index contributed by atoms with van der Waals surface area (Å²) in [6.45, 7) is 9.54. The van der Waals surface area contributed by atoms with E-state index in [2.05, 4.69) is 38.2 Å². The van der Waals surface area contributed by atoms with Crippen LogP contribution in [0.15, 0.2) is 10.6 Å². The Hall–Kier alpha value is -0.830. The van der Waals surface area contributed by atoms with Gasteiger partial charge in [0.2, 0.25) is 0 Å². The van der Waals surface area contributed by atoms with Crippen LogP contribution in [0.2, 0.25) is 0 Å². The lowest BCUT2D eigenvalue weighted by Gasteiger charge is -2.19. The van der Waals surface area contributed by atoms with E-state index in [0.717, 1.165) is 30.8 Å². The zero-order valence-electron chi connectivity index (χ0n) is 10.2. The highest BCUT2D eigenvalue weighted by Crippen LogP contribution is 2.08. The topological polar surface area (TPSA) is 38.1 Å². The van der Waals surface area contributed by atoms with Crippen LogP contribution in [0.25, 0.3) is 0 Å².